The van der Waals surface area contributed by atoms with Crippen LogP contribution in [0.4, 0.5) is 0 Å². The number of allylic oxidation sites excluding steroid dienone is 1. The Kier molecular flexibility index (Phi) is 2.47. The predicted octanol–water partition coefficient (Wildman–Crippen LogP) is 3.28. The van der Waals surface area contributed by atoms with Crippen LogP contribution in [0.5, 0.6) is 0 Å². The van der Waals surface area contributed by atoms with E-state index in [0.717, 1.165) is 12.1 Å². The molecule has 0 amide bonds. The van der Waals surface area contributed by atoms with E-state index in [1.54, 1.807) is 0 Å². The second-order valence-corrected chi connectivity index (χ2v) is 4.71. The minimum absolute atomic E-state index is 0.183. The van der Waals surface area contributed by atoms with Gasteiger partial charge in [-0.1, -0.05) is 30.4 Å². The minimum Gasteiger partial charge on any atom is -0.311 e. The van der Waals surface area contributed by atoms with E-state index in [4.69, 9.17) is 0 Å². The summed E-state index contributed by atoms with van der Waals surface area (Å²) >= 11 is 0. The molecule has 0 aromatic heterocycles. The van der Waals surface area contributed by atoms with Gasteiger partial charge in [-0.15, -0.1) is 0 Å². The average molecular weight is 239 g/mol. The molecule has 0 radical (unpaired) electrons. The van der Waals surface area contributed by atoms with Gasteiger partial charge in [-0.3, -0.25) is 5.01 Å². The van der Waals surface area contributed by atoms with Gasteiger partial charge in [-0.2, -0.15) is 5.10 Å². The first-order chi connectivity index (χ1) is 8.72. The number of nitrogens with zero attached hydrogens (tertiary/aromatic N) is 3. The first kappa shape index (κ1) is 11.1. The number of hydrogen-bond donors (Lipinski definition) is 0. The molecule has 1 atom stereocenters. The maximum atomic E-state index is 4.45. The van der Waals surface area contributed by atoms with Crippen LogP contribution in [-0.4, -0.2) is 22.8 Å². The first-order valence-corrected chi connectivity index (χ1v) is 6.27. The lowest BCUT2D eigenvalue weighted by Crippen LogP contribution is -2.31. The van der Waals surface area contributed by atoms with Crippen molar-refractivity contribution in [2.24, 2.45) is 5.10 Å². The topological polar surface area (TPSA) is 18.8 Å². The molecule has 1 aromatic carbocycles. The van der Waals surface area contributed by atoms with Crippen LogP contribution in [-0.2, 0) is 0 Å². The van der Waals surface area contributed by atoms with Crippen LogP contribution in [0.1, 0.15) is 36.7 Å². The van der Waals surface area contributed by atoms with Gasteiger partial charge in [-0.05, 0) is 31.1 Å². The zero-order valence-corrected chi connectivity index (χ0v) is 10.8. The van der Waals surface area contributed by atoms with Crippen molar-refractivity contribution >= 4 is 18.0 Å². The molecule has 0 saturated heterocycles. The van der Waals surface area contributed by atoms with Gasteiger partial charge in [0.25, 0.3) is 0 Å². The summed E-state index contributed by atoms with van der Waals surface area (Å²) in [7, 11) is 0. The molecule has 18 heavy (non-hydrogen) atoms. The second kappa shape index (κ2) is 4.02. The average Bonchev–Trinajstić information content (AvgIpc) is 2.80. The molecule has 0 bridgehead atoms. The minimum atomic E-state index is 0.183. The fourth-order valence-electron chi connectivity index (χ4n) is 2.63. The lowest BCUT2D eigenvalue weighted by molar-refractivity contribution is 0.166. The molecule has 3 rings (SSSR count). The summed E-state index contributed by atoms with van der Waals surface area (Å²) in [5.74, 6) is 0. The zero-order chi connectivity index (χ0) is 12.7. The van der Waals surface area contributed by atoms with Crippen LogP contribution in [0.3, 0.4) is 0 Å². The Bertz CT molecular complexity index is 557. The molecular weight excluding hydrogens is 222 g/mol. The summed E-state index contributed by atoms with van der Waals surface area (Å²) in [4.78, 5) is 2.15. The Hall–Kier alpha value is -2.03. The van der Waals surface area contributed by atoms with E-state index in [2.05, 4.69) is 65.9 Å². The second-order valence-electron chi connectivity index (χ2n) is 4.71. The van der Waals surface area contributed by atoms with E-state index in [-0.39, 0.29) is 6.17 Å². The molecule has 92 valence electrons. The Labute approximate surface area is 108 Å². The lowest BCUT2D eigenvalue weighted by Gasteiger charge is -2.33. The summed E-state index contributed by atoms with van der Waals surface area (Å²) in [5, 5.41) is 6.56. The van der Waals surface area contributed by atoms with Crippen LogP contribution in [0.25, 0.3) is 11.6 Å². The zero-order valence-electron chi connectivity index (χ0n) is 10.8. The highest BCUT2D eigenvalue weighted by Gasteiger charge is 2.32. The van der Waals surface area contributed by atoms with Gasteiger partial charge in [0, 0.05) is 18.3 Å². The number of hydrazone groups is 1. The predicted molar refractivity (Wildman–Crippen MR) is 75.6 cm³/mol. The van der Waals surface area contributed by atoms with E-state index < -0.39 is 0 Å². The van der Waals surface area contributed by atoms with Crippen molar-refractivity contribution in [2.45, 2.75) is 20.0 Å². The number of hydrogen-bond acceptors (Lipinski definition) is 3. The molecular formula is C15H17N3. The molecule has 0 fully saturated rings. The van der Waals surface area contributed by atoms with Crippen molar-refractivity contribution in [1.29, 1.82) is 0 Å². The molecule has 2 aliphatic rings. The Morgan fingerprint density at radius 1 is 1.44 bits per heavy atom. The van der Waals surface area contributed by atoms with Gasteiger partial charge in [-0.25, -0.2) is 0 Å². The Morgan fingerprint density at radius 3 is 3.00 bits per heavy atom. The lowest BCUT2D eigenvalue weighted by atomic mass is 9.92. The van der Waals surface area contributed by atoms with Crippen molar-refractivity contribution in [2.75, 3.05) is 6.54 Å². The third-order valence-electron chi connectivity index (χ3n) is 3.51. The Morgan fingerprint density at radius 2 is 2.28 bits per heavy atom. The highest BCUT2D eigenvalue weighted by atomic mass is 15.6. The maximum absolute atomic E-state index is 4.45. The van der Waals surface area contributed by atoms with Crippen LogP contribution in [0, 0.1) is 0 Å². The fourth-order valence-corrected chi connectivity index (χ4v) is 2.63. The van der Waals surface area contributed by atoms with Crippen LogP contribution in [0.15, 0.2) is 36.1 Å². The summed E-state index contributed by atoms with van der Waals surface area (Å²) in [5.41, 5.74) is 4.91. The van der Waals surface area contributed by atoms with Crippen molar-refractivity contribution < 1.29 is 0 Å². The van der Waals surface area contributed by atoms with Gasteiger partial charge in [0.15, 0.2) is 0 Å². The summed E-state index contributed by atoms with van der Waals surface area (Å²) in [6.45, 7) is 9.18. The molecule has 3 heteroatoms. The van der Waals surface area contributed by atoms with Crippen molar-refractivity contribution in [1.82, 2.24) is 9.91 Å². The van der Waals surface area contributed by atoms with Gasteiger partial charge >= 0.3 is 0 Å². The fraction of sp³-hybridized carbons (Fsp3) is 0.267. The molecule has 2 heterocycles. The van der Waals surface area contributed by atoms with Gasteiger partial charge < -0.3 is 4.90 Å². The van der Waals surface area contributed by atoms with Gasteiger partial charge in [0.2, 0.25) is 0 Å². The highest BCUT2D eigenvalue weighted by Crippen LogP contribution is 2.38. The van der Waals surface area contributed by atoms with Crippen molar-refractivity contribution in [3.8, 4) is 0 Å². The van der Waals surface area contributed by atoms with E-state index in [1.165, 1.54) is 16.7 Å². The molecule has 0 saturated carbocycles. The summed E-state index contributed by atoms with van der Waals surface area (Å²) in [6, 6.07) is 6.39. The SMILES string of the molecule is C=C(C)c1cccc2c1C1N(C=C2)C=NN1CC. The summed E-state index contributed by atoms with van der Waals surface area (Å²) < 4.78 is 0. The van der Waals surface area contributed by atoms with Crippen LogP contribution in [0.2, 0.25) is 0 Å². The van der Waals surface area contributed by atoms with E-state index in [1.807, 2.05) is 6.34 Å². The van der Waals surface area contributed by atoms with E-state index >= 15 is 0 Å². The maximum Gasteiger partial charge on any atom is 0.150 e. The number of rotatable bonds is 2. The Balaban J connectivity index is 2.18. The molecule has 0 spiro atoms. The summed E-state index contributed by atoms with van der Waals surface area (Å²) in [6.07, 6.45) is 6.31. The van der Waals surface area contributed by atoms with Gasteiger partial charge in [0.05, 0.1) is 0 Å². The standard InChI is InChI=1S/C15H17N3/c1-4-18-15-14-12(8-9-17(15)10-16-18)6-5-7-13(14)11(2)3/h5-10,15H,2,4H2,1,3H3. The van der Waals surface area contributed by atoms with Gasteiger partial charge in [0.1, 0.15) is 12.5 Å². The number of fused-ring (bicyclic) bond motifs is 3. The van der Waals surface area contributed by atoms with Crippen molar-refractivity contribution in [3.63, 3.8) is 0 Å². The monoisotopic (exact) mass is 239 g/mol. The molecule has 3 nitrogen and oxygen atoms in total. The normalized spacial score (nSPS) is 20.0. The van der Waals surface area contributed by atoms with E-state index in [0.29, 0.717) is 0 Å². The largest absolute Gasteiger partial charge is 0.311 e. The molecule has 0 aliphatic carbocycles. The molecule has 0 N–H and O–H groups in total. The molecule has 1 aromatic rings. The molecule has 1 unspecified atom stereocenters. The van der Waals surface area contributed by atoms with Crippen LogP contribution < -0.4 is 0 Å². The highest BCUT2D eigenvalue weighted by molar-refractivity contribution is 5.75. The first-order valence-electron chi connectivity index (χ1n) is 6.27. The van der Waals surface area contributed by atoms with Crippen molar-refractivity contribution in [3.05, 3.63) is 47.7 Å². The number of benzene rings is 1. The van der Waals surface area contributed by atoms with E-state index in [9.17, 15) is 0 Å². The third-order valence-corrected chi connectivity index (χ3v) is 3.51. The smallest absolute Gasteiger partial charge is 0.150 e. The third kappa shape index (κ3) is 1.47. The van der Waals surface area contributed by atoms with Crippen LogP contribution >= 0.6 is 0 Å². The molecule has 2 aliphatic heterocycles. The quantitative estimate of drug-likeness (QED) is 0.788.